The maximum absolute atomic E-state index is 12.8. The Hall–Kier alpha value is -2.58. The van der Waals surface area contributed by atoms with Crippen LogP contribution >= 0.6 is 7.82 Å². The normalized spacial score (nSPS) is 33.6. The average molecular weight is 661 g/mol. The van der Waals surface area contributed by atoms with Gasteiger partial charge in [-0.05, 0) is 31.5 Å². The Morgan fingerprint density at radius 1 is 1.04 bits per heavy atom. The predicted molar refractivity (Wildman–Crippen MR) is 154 cm³/mol. The number of phosphoric acid groups is 1. The van der Waals surface area contributed by atoms with Crippen molar-refractivity contribution in [1.82, 2.24) is 20.9 Å². The highest BCUT2D eigenvalue weighted by atomic mass is 31.2. The molecule has 5 rings (SSSR count). The molecule has 12 N–H and O–H groups in total. The minimum Gasteiger partial charge on any atom is -0.390 e. The van der Waals surface area contributed by atoms with Gasteiger partial charge in [0.1, 0.15) is 42.0 Å². The Balaban J connectivity index is 1.14. The van der Waals surface area contributed by atoms with Crippen LogP contribution in [-0.4, -0.2) is 133 Å². The number of carbonyl (C=O) groups excluding carboxylic acids is 1. The summed E-state index contributed by atoms with van der Waals surface area (Å²) in [6.45, 7) is 3.28. The van der Waals surface area contributed by atoms with Crippen LogP contribution in [0.25, 0.3) is 0 Å². The summed E-state index contributed by atoms with van der Waals surface area (Å²) in [5, 5.41) is 60.7. The second-order valence-corrected chi connectivity index (χ2v) is 12.9. The number of ether oxygens (including phenoxy) is 2. The molecule has 0 saturated carbocycles. The SMILES string of the molecule is C[C@@H]1NC2=C(C(=O)NC(N)N2)N2CN(c3ccc(C[C@H](O)[C@H](O)[C@@H](O)CO[C@H]4O[C@H](COP(=O)(O)O)[C@@H](O)[C@H]4O)cc3)[C@H](C)[C@@H]12. The van der Waals surface area contributed by atoms with E-state index in [0.29, 0.717) is 23.8 Å². The maximum atomic E-state index is 12.8. The van der Waals surface area contributed by atoms with Crippen LogP contribution in [0.3, 0.4) is 0 Å². The summed E-state index contributed by atoms with van der Waals surface area (Å²) in [7, 11) is -4.84. The molecule has 252 valence electrons. The van der Waals surface area contributed by atoms with E-state index in [1.54, 1.807) is 12.1 Å². The number of benzene rings is 1. The van der Waals surface area contributed by atoms with Crippen LogP contribution < -0.4 is 26.6 Å². The van der Waals surface area contributed by atoms with Crippen molar-refractivity contribution >= 4 is 19.4 Å². The molecule has 18 nitrogen and oxygen atoms in total. The second-order valence-electron chi connectivity index (χ2n) is 11.7. The van der Waals surface area contributed by atoms with Crippen LogP contribution in [0, 0.1) is 0 Å². The Morgan fingerprint density at radius 2 is 1.73 bits per heavy atom. The van der Waals surface area contributed by atoms with E-state index in [4.69, 9.17) is 25.0 Å². The molecule has 1 amide bonds. The zero-order valence-electron chi connectivity index (χ0n) is 24.6. The molecule has 1 aromatic carbocycles. The number of nitrogens with zero attached hydrogens (tertiary/aromatic N) is 2. The Labute approximate surface area is 258 Å². The van der Waals surface area contributed by atoms with Gasteiger partial charge in [0.2, 0.25) is 0 Å². The quantitative estimate of drug-likeness (QED) is 0.101. The monoisotopic (exact) mass is 660 g/mol. The molecule has 45 heavy (non-hydrogen) atoms. The molecular formula is C26H41N6O12P. The number of amides is 1. The van der Waals surface area contributed by atoms with Crippen molar-refractivity contribution in [3.63, 3.8) is 0 Å². The smallest absolute Gasteiger partial charge is 0.390 e. The Morgan fingerprint density at radius 3 is 2.40 bits per heavy atom. The molecule has 0 bridgehead atoms. The van der Waals surface area contributed by atoms with Gasteiger partial charge in [0.05, 0.1) is 38.1 Å². The summed E-state index contributed by atoms with van der Waals surface area (Å²) in [6, 6.07) is 7.41. The van der Waals surface area contributed by atoms with Crippen LogP contribution in [0.4, 0.5) is 5.69 Å². The van der Waals surface area contributed by atoms with E-state index in [0.717, 1.165) is 5.69 Å². The molecule has 1 aromatic rings. The van der Waals surface area contributed by atoms with Gasteiger partial charge in [-0.1, -0.05) is 12.1 Å². The lowest BCUT2D eigenvalue weighted by Crippen LogP contribution is -2.66. The molecule has 0 spiro atoms. The summed E-state index contributed by atoms with van der Waals surface area (Å²) in [5.74, 6) is 0.340. The first kappa shape index (κ1) is 33.8. The lowest BCUT2D eigenvalue weighted by Gasteiger charge is -2.43. The van der Waals surface area contributed by atoms with Gasteiger partial charge >= 0.3 is 7.82 Å². The van der Waals surface area contributed by atoms with Crippen molar-refractivity contribution in [3.8, 4) is 0 Å². The largest absolute Gasteiger partial charge is 0.469 e. The Bertz CT molecular complexity index is 1300. The highest BCUT2D eigenvalue weighted by Gasteiger charge is 2.48. The van der Waals surface area contributed by atoms with Gasteiger partial charge in [-0.25, -0.2) is 4.57 Å². The van der Waals surface area contributed by atoms with E-state index in [-0.39, 0.29) is 30.5 Å². The molecule has 4 heterocycles. The number of nitrogens with two attached hydrogens (primary N) is 1. The fourth-order valence-electron chi connectivity index (χ4n) is 6.23. The van der Waals surface area contributed by atoms with Crippen molar-refractivity contribution < 1.29 is 58.7 Å². The van der Waals surface area contributed by atoms with E-state index < -0.39 is 70.2 Å². The van der Waals surface area contributed by atoms with Gasteiger partial charge in [0.25, 0.3) is 5.91 Å². The third-order valence-corrected chi connectivity index (χ3v) is 9.00. The summed E-state index contributed by atoms with van der Waals surface area (Å²) >= 11 is 0. The van der Waals surface area contributed by atoms with Crippen molar-refractivity contribution in [2.24, 2.45) is 5.73 Å². The number of hydrogen-bond acceptors (Lipinski definition) is 15. The molecular weight excluding hydrogens is 619 g/mol. The van der Waals surface area contributed by atoms with E-state index in [2.05, 4.69) is 37.2 Å². The number of rotatable bonds is 11. The number of aliphatic hydroxyl groups excluding tert-OH is 5. The van der Waals surface area contributed by atoms with E-state index in [1.165, 1.54) is 0 Å². The minimum atomic E-state index is -4.84. The first-order valence-corrected chi connectivity index (χ1v) is 16.0. The summed E-state index contributed by atoms with van der Waals surface area (Å²) < 4.78 is 25.6. The van der Waals surface area contributed by atoms with Crippen LogP contribution in [0.2, 0.25) is 0 Å². The number of nitrogens with one attached hydrogen (secondary N) is 3. The van der Waals surface area contributed by atoms with E-state index in [9.17, 15) is 34.9 Å². The van der Waals surface area contributed by atoms with Crippen LogP contribution in [0.1, 0.15) is 19.4 Å². The number of aliphatic hydroxyl groups is 5. The molecule has 19 heteroatoms. The number of hydrogen-bond donors (Lipinski definition) is 11. The Kier molecular flexibility index (Phi) is 9.96. The van der Waals surface area contributed by atoms with E-state index in [1.807, 2.05) is 19.1 Å². The molecule has 2 fully saturated rings. The van der Waals surface area contributed by atoms with Crippen LogP contribution in [0.5, 0.6) is 0 Å². The summed E-state index contributed by atoms with van der Waals surface area (Å²) in [4.78, 5) is 34.6. The predicted octanol–water partition coefficient (Wildman–Crippen LogP) is -4.16. The van der Waals surface area contributed by atoms with Crippen molar-refractivity contribution in [2.45, 2.75) is 87.6 Å². The van der Waals surface area contributed by atoms with Gasteiger partial charge < -0.3 is 70.5 Å². The zero-order chi connectivity index (χ0) is 32.8. The van der Waals surface area contributed by atoms with Crippen molar-refractivity contribution in [3.05, 3.63) is 41.3 Å². The number of fused-ring (bicyclic) bond motifs is 2. The van der Waals surface area contributed by atoms with Gasteiger partial charge in [-0.3, -0.25) is 15.1 Å². The standard InChI is InChI=1S/C26H41N6O12P/c1-11-18-12(2)31(10-32(18)19-23(28-11)29-26(27)30-24(19)38)14-5-3-13(4-6-14)7-15(33)20(35)16(34)8-42-25-22(37)21(36)17(44-25)9-43-45(39,40)41/h3-6,11-12,15-18,20-22,25-26,28-29,33-37H,7-10,27H2,1-2H3,(H,30,38)(H2,39,40,41)/t11-,12+,15-,16-,17+,18+,20-,21+,22+,25-,26?/m0/s1. The van der Waals surface area contributed by atoms with Crippen molar-refractivity contribution in [1.29, 1.82) is 0 Å². The highest BCUT2D eigenvalue weighted by molar-refractivity contribution is 7.46. The van der Waals surface area contributed by atoms with Gasteiger partial charge in [-0.15, -0.1) is 0 Å². The van der Waals surface area contributed by atoms with Gasteiger partial charge in [0, 0.05) is 18.2 Å². The summed E-state index contributed by atoms with van der Waals surface area (Å²) in [5.41, 5.74) is 7.95. The maximum Gasteiger partial charge on any atom is 0.469 e. The number of carbonyl (C=O) groups is 1. The molecule has 4 aliphatic heterocycles. The molecule has 0 aromatic heterocycles. The van der Waals surface area contributed by atoms with Gasteiger partial charge in [-0.2, -0.15) is 0 Å². The fraction of sp³-hybridized carbons (Fsp3) is 0.654. The van der Waals surface area contributed by atoms with Crippen LogP contribution in [-0.2, 0) is 29.8 Å². The lowest BCUT2D eigenvalue weighted by molar-refractivity contribution is -0.192. The lowest BCUT2D eigenvalue weighted by atomic mass is 9.98. The summed E-state index contributed by atoms with van der Waals surface area (Å²) in [6.07, 6.45) is -11.3. The first-order chi connectivity index (χ1) is 21.1. The minimum absolute atomic E-state index is 0.00363. The third-order valence-electron chi connectivity index (χ3n) is 8.52. The van der Waals surface area contributed by atoms with Crippen LogP contribution in [0.15, 0.2) is 35.8 Å². The average Bonchev–Trinajstić information content (AvgIpc) is 3.45. The number of anilines is 1. The first-order valence-electron chi connectivity index (χ1n) is 14.5. The van der Waals surface area contributed by atoms with E-state index >= 15 is 0 Å². The fourth-order valence-corrected chi connectivity index (χ4v) is 6.57. The molecule has 0 radical (unpaired) electrons. The molecule has 2 saturated heterocycles. The highest BCUT2D eigenvalue weighted by Crippen LogP contribution is 2.38. The topological polar surface area (TPSA) is 272 Å². The zero-order valence-corrected chi connectivity index (χ0v) is 25.5. The molecule has 11 atom stereocenters. The third kappa shape index (κ3) is 7.22. The van der Waals surface area contributed by atoms with Crippen molar-refractivity contribution in [2.75, 3.05) is 24.8 Å². The molecule has 0 aliphatic carbocycles. The molecule has 1 unspecified atom stereocenters. The van der Waals surface area contributed by atoms with Gasteiger partial charge in [0.15, 0.2) is 12.6 Å². The molecule has 4 aliphatic rings. The second kappa shape index (κ2) is 13.3. The number of phosphoric ester groups is 1.